The Morgan fingerprint density at radius 2 is 2.24 bits per heavy atom. The summed E-state index contributed by atoms with van der Waals surface area (Å²) in [6, 6.07) is 1.32. The first-order valence-corrected chi connectivity index (χ1v) is 6.73. The summed E-state index contributed by atoms with van der Waals surface area (Å²) in [4.78, 5) is 15.9. The standard InChI is InChI=1S/C15H20N2O4/c1-9-13-12(5-10(6-16-13)15(2,3)4)20-8-11(7-18)17-14(19)21-9/h5-6,11,18H,1,7-8H2,2-4H3,(H,17,19)/t11-/m0/s1. The molecule has 1 aromatic heterocycles. The third kappa shape index (κ3) is 3.52. The van der Waals surface area contributed by atoms with Crippen LogP contribution >= 0.6 is 0 Å². The number of carbonyl (C=O) groups is 1. The monoisotopic (exact) mass is 292 g/mol. The van der Waals surface area contributed by atoms with Gasteiger partial charge in [0.25, 0.3) is 0 Å². The van der Waals surface area contributed by atoms with E-state index in [9.17, 15) is 9.90 Å². The molecule has 2 heterocycles. The number of hydrogen-bond donors (Lipinski definition) is 2. The van der Waals surface area contributed by atoms with Crippen molar-refractivity contribution >= 4 is 11.9 Å². The van der Waals surface area contributed by atoms with Crippen LogP contribution in [-0.4, -0.2) is 35.4 Å². The Hall–Kier alpha value is -2.08. The Bertz CT molecular complexity index is 563. The molecule has 0 aliphatic carbocycles. The molecule has 0 radical (unpaired) electrons. The summed E-state index contributed by atoms with van der Waals surface area (Å²) in [5, 5.41) is 11.7. The molecule has 2 rings (SSSR count). The van der Waals surface area contributed by atoms with E-state index in [0.29, 0.717) is 11.4 Å². The zero-order valence-corrected chi connectivity index (χ0v) is 12.5. The lowest BCUT2D eigenvalue weighted by Crippen LogP contribution is -2.41. The highest BCUT2D eigenvalue weighted by Gasteiger charge is 2.23. The van der Waals surface area contributed by atoms with Gasteiger partial charge in [0.1, 0.15) is 18.1 Å². The summed E-state index contributed by atoms with van der Waals surface area (Å²) < 4.78 is 10.7. The van der Waals surface area contributed by atoms with Crippen LogP contribution in [0.25, 0.3) is 5.76 Å². The molecule has 0 saturated carbocycles. The lowest BCUT2D eigenvalue weighted by Gasteiger charge is -2.21. The van der Waals surface area contributed by atoms with Crippen molar-refractivity contribution in [3.05, 3.63) is 30.1 Å². The third-order valence-electron chi connectivity index (χ3n) is 3.18. The van der Waals surface area contributed by atoms with Gasteiger partial charge in [0, 0.05) is 6.20 Å². The van der Waals surface area contributed by atoms with Crippen molar-refractivity contribution < 1.29 is 19.4 Å². The van der Waals surface area contributed by atoms with Gasteiger partial charge in [-0.2, -0.15) is 0 Å². The van der Waals surface area contributed by atoms with Crippen molar-refractivity contribution in [2.45, 2.75) is 32.2 Å². The SMILES string of the molecule is C=C1OC(=O)N[C@@H](CO)COc2cc(C(C)(C)C)cnc21. The molecule has 1 aliphatic heterocycles. The van der Waals surface area contributed by atoms with Gasteiger partial charge in [-0.3, -0.25) is 0 Å². The molecule has 1 atom stereocenters. The zero-order valence-electron chi connectivity index (χ0n) is 12.5. The number of nitrogens with one attached hydrogen (secondary N) is 1. The van der Waals surface area contributed by atoms with Crippen molar-refractivity contribution in [2.75, 3.05) is 13.2 Å². The van der Waals surface area contributed by atoms with Crippen molar-refractivity contribution in [3.8, 4) is 5.75 Å². The molecule has 0 fully saturated rings. The number of aromatic nitrogens is 1. The third-order valence-corrected chi connectivity index (χ3v) is 3.18. The van der Waals surface area contributed by atoms with Crippen molar-refractivity contribution in [3.63, 3.8) is 0 Å². The van der Waals surface area contributed by atoms with Gasteiger partial charge in [-0.15, -0.1) is 0 Å². The first-order valence-electron chi connectivity index (χ1n) is 6.73. The van der Waals surface area contributed by atoms with Gasteiger partial charge in [-0.25, -0.2) is 9.78 Å². The van der Waals surface area contributed by atoms with Crippen LogP contribution < -0.4 is 10.1 Å². The van der Waals surface area contributed by atoms with Crippen LogP contribution in [0.3, 0.4) is 0 Å². The number of cyclic esters (lactones) is 1. The summed E-state index contributed by atoms with van der Waals surface area (Å²) in [6.07, 6.45) is 1.04. The van der Waals surface area contributed by atoms with E-state index in [1.165, 1.54) is 0 Å². The molecule has 0 spiro atoms. The van der Waals surface area contributed by atoms with E-state index in [4.69, 9.17) is 9.47 Å². The lowest BCUT2D eigenvalue weighted by atomic mass is 9.88. The molecule has 0 saturated heterocycles. The second-order valence-corrected chi connectivity index (χ2v) is 5.97. The van der Waals surface area contributed by atoms with E-state index in [-0.39, 0.29) is 24.4 Å². The number of fused-ring (bicyclic) bond motifs is 1. The highest BCUT2D eigenvalue weighted by Crippen LogP contribution is 2.30. The van der Waals surface area contributed by atoms with Gasteiger partial charge in [-0.1, -0.05) is 27.4 Å². The number of amides is 1. The van der Waals surface area contributed by atoms with Crippen molar-refractivity contribution in [1.82, 2.24) is 10.3 Å². The molecule has 0 bridgehead atoms. The summed E-state index contributed by atoms with van der Waals surface area (Å²) in [7, 11) is 0. The molecular weight excluding hydrogens is 272 g/mol. The Morgan fingerprint density at radius 1 is 1.52 bits per heavy atom. The van der Waals surface area contributed by atoms with E-state index in [1.54, 1.807) is 6.20 Å². The van der Waals surface area contributed by atoms with Gasteiger partial charge in [0.2, 0.25) is 0 Å². The van der Waals surface area contributed by atoms with E-state index in [2.05, 4.69) is 37.7 Å². The van der Waals surface area contributed by atoms with Crippen LogP contribution in [0.4, 0.5) is 4.79 Å². The fourth-order valence-corrected chi connectivity index (χ4v) is 1.86. The van der Waals surface area contributed by atoms with Crippen LogP contribution in [0.2, 0.25) is 0 Å². The molecule has 0 aromatic carbocycles. The minimum absolute atomic E-state index is 0.0868. The molecule has 6 nitrogen and oxygen atoms in total. The predicted octanol–water partition coefficient (Wildman–Crippen LogP) is 1.83. The van der Waals surface area contributed by atoms with Crippen LogP contribution in [0, 0.1) is 0 Å². The first kappa shape index (κ1) is 15.3. The van der Waals surface area contributed by atoms with E-state index in [1.807, 2.05) is 6.07 Å². The number of aliphatic hydroxyl groups excluding tert-OH is 1. The fraction of sp³-hybridized carbons (Fsp3) is 0.467. The largest absolute Gasteiger partial charge is 0.489 e. The summed E-state index contributed by atoms with van der Waals surface area (Å²) in [5.74, 6) is 0.601. The van der Waals surface area contributed by atoms with E-state index >= 15 is 0 Å². The lowest BCUT2D eigenvalue weighted by molar-refractivity contribution is 0.159. The minimum atomic E-state index is -0.683. The van der Waals surface area contributed by atoms with Gasteiger partial charge in [-0.05, 0) is 17.0 Å². The molecule has 1 aromatic rings. The molecule has 1 aliphatic rings. The minimum Gasteiger partial charge on any atom is -0.489 e. The maximum Gasteiger partial charge on any atom is 0.413 e. The summed E-state index contributed by atoms with van der Waals surface area (Å²) >= 11 is 0. The highest BCUT2D eigenvalue weighted by atomic mass is 16.6. The average Bonchev–Trinajstić information content (AvgIpc) is 2.46. The topological polar surface area (TPSA) is 80.7 Å². The number of hydrogen-bond acceptors (Lipinski definition) is 5. The maximum absolute atomic E-state index is 11.6. The molecule has 21 heavy (non-hydrogen) atoms. The van der Waals surface area contributed by atoms with Gasteiger partial charge in [0.15, 0.2) is 5.76 Å². The number of nitrogens with zero attached hydrogens (tertiary/aromatic N) is 1. The normalized spacial score (nSPS) is 19.3. The van der Waals surface area contributed by atoms with Crippen molar-refractivity contribution in [1.29, 1.82) is 0 Å². The maximum atomic E-state index is 11.6. The molecule has 6 heteroatoms. The first-order chi connectivity index (χ1) is 9.81. The molecule has 2 N–H and O–H groups in total. The highest BCUT2D eigenvalue weighted by molar-refractivity contribution is 5.77. The predicted molar refractivity (Wildman–Crippen MR) is 78.0 cm³/mol. The summed E-state index contributed by atoms with van der Waals surface area (Å²) in [5.41, 5.74) is 1.29. The Balaban J connectivity index is 2.41. The van der Waals surface area contributed by atoms with Gasteiger partial charge >= 0.3 is 6.09 Å². The number of carbonyl (C=O) groups excluding carboxylic acids is 1. The van der Waals surface area contributed by atoms with E-state index in [0.717, 1.165) is 5.56 Å². The van der Waals surface area contributed by atoms with Crippen LogP contribution in [0.15, 0.2) is 18.8 Å². The summed E-state index contributed by atoms with van der Waals surface area (Å²) in [6.45, 7) is 9.79. The van der Waals surface area contributed by atoms with Gasteiger partial charge in [0.05, 0.1) is 12.6 Å². The smallest absolute Gasteiger partial charge is 0.413 e. The van der Waals surface area contributed by atoms with Gasteiger partial charge < -0.3 is 19.9 Å². The molecule has 114 valence electrons. The molecule has 0 unspecified atom stereocenters. The quantitative estimate of drug-likeness (QED) is 0.825. The Morgan fingerprint density at radius 3 is 2.86 bits per heavy atom. The number of rotatable bonds is 1. The number of ether oxygens (including phenoxy) is 2. The zero-order chi connectivity index (χ0) is 15.6. The second kappa shape index (κ2) is 5.73. The molecular formula is C15H20N2O4. The Kier molecular flexibility index (Phi) is 4.18. The second-order valence-electron chi connectivity index (χ2n) is 5.97. The number of alkyl carbamates (subject to hydrolysis) is 1. The number of aliphatic hydroxyl groups is 1. The Labute approximate surface area is 123 Å². The molecule has 1 amide bonds. The number of pyridine rings is 1. The fourth-order valence-electron chi connectivity index (χ4n) is 1.86. The van der Waals surface area contributed by atoms with E-state index < -0.39 is 12.1 Å². The van der Waals surface area contributed by atoms with Crippen LogP contribution in [-0.2, 0) is 10.2 Å². The van der Waals surface area contributed by atoms with Crippen molar-refractivity contribution in [2.24, 2.45) is 0 Å². The van der Waals surface area contributed by atoms with Crippen LogP contribution in [0.5, 0.6) is 5.75 Å². The van der Waals surface area contributed by atoms with Crippen LogP contribution in [0.1, 0.15) is 32.0 Å². The average molecular weight is 292 g/mol.